The van der Waals surface area contributed by atoms with Crippen molar-refractivity contribution in [3.63, 3.8) is 0 Å². The maximum atomic E-state index is 11.9. The van der Waals surface area contributed by atoms with Gasteiger partial charge in [0.25, 0.3) is 0 Å². The van der Waals surface area contributed by atoms with E-state index in [1.165, 1.54) is 4.88 Å². The van der Waals surface area contributed by atoms with E-state index in [0.717, 1.165) is 16.4 Å². The molecule has 0 aliphatic carbocycles. The van der Waals surface area contributed by atoms with E-state index >= 15 is 0 Å². The summed E-state index contributed by atoms with van der Waals surface area (Å²) in [6.45, 7) is 4.78. The van der Waals surface area contributed by atoms with E-state index in [1.54, 1.807) is 18.4 Å². The van der Waals surface area contributed by atoms with Gasteiger partial charge in [-0.2, -0.15) is 0 Å². The van der Waals surface area contributed by atoms with Crippen molar-refractivity contribution in [1.82, 2.24) is 15.6 Å². The van der Waals surface area contributed by atoms with Crippen molar-refractivity contribution in [1.29, 1.82) is 0 Å². The van der Waals surface area contributed by atoms with E-state index in [0.29, 0.717) is 12.5 Å². The Morgan fingerprint density at radius 3 is 2.50 bits per heavy atom. The second-order valence-electron chi connectivity index (χ2n) is 4.94. The molecule has 8 heteroatoms. The van der Waals surface area contributed by atoms with Gasteiger partial charge in [0.1, 0.15) is 5.01 Å². The summed E-state index contributed by atoms with van der Waals surface area (Å²) in [6, 6.07) is 9.35. The maximum Gasteiger partial charge on any atom is 0.243 e. The molecule has 0 atom stereocenters. The lowest BCUT2D eigenvalue weighted by molar-refractivity contribution is -0.115. The number of rotatable bonds is 5. The van der Waals surface area contributed by atoms with Crippen molar-refractivity contribution in [3.8, 4) is 0 Å². The minimum Gasteiger partial charge on any atom is -0.350 e. The maximum absolute atomic E-state index is 11.9. The minimum atomic E-state index is -0.125. The van der Waals surface area contributed by atoms with Gasteiger partial charge in [-0.1, -0.05) is 18.2 Å². The zero-order chi connectivity index (χ0) is 16.7. The Bertz CT molecular complexity index is 668. The molecule has 0 radical (unpaired) electrons. The molecule has 1 aromatic carbocycles. The Kier molecular flexibility index (Phi) is 8.69. The fourth-order valence-electron chi connectivity index (χ4n) is 1.89. The molecule has 1 aromatic heterocycles. The first-order valence-corrected chi connectivity index (χ1v) is 8.12. The number of hydrogen-bond donors (Lipinski definition) is 3. The summed E-state index contributed by atoms with van der Waals surface area (Å²) in [7, 11) is 1.67. The lowest BCUT2D eigenvalue weighted by Crippen LogP contribution is -2.41. The Morgan fingerprint density at radius 2 is 1.92 bits per heavy atom. The van der Waals surface area contributed by atoms with Crippen molar-refractivity contribution in [2.45, 2.75) is 20.4 Å². The first-order valence-electron chi connectivity index (χ1n) is 7.31. The Morgan fingerprint density at radius 1 is 1.21 bits per heavy atom. The van der Waals surface area contributed by atoms with E-state index in [2.05, 4.69) is 32.9 Å². The molecule has 0 unspecified atom stereocenters. The Balaban J connectivity index is 0.00000288. The average molecular weight is 459 g/mol. The number of nitrogens with one attached hydrogen (secondary N) is 3. The lowest BCUT2D eigenvalue weighted by atomic mass is 10.3. The van der Waals surface area contributed by atoms with E-state index in [1.807, 2.05) is 37.3 Å². The second kappa shape index (κ2) is 10.2. The van der Waals surface area contributed by atoms with Gasteiger partial charge in [0.2, 0.25) is 5.91 Å². The smallest absolute Gasteiger partial charge is 0.243 e. The normalized spacial score (nSPS) is 10.7. The number of aromatic nitrogens is 1. The molecule has 0 bridgehead atoms. The first-order chi connectivity index (χ1) is 11.1. The summed E-state index contributed by atoms with van der Waals surface area (Å²) >= 11 is 1.66. The predicted octanol–water partition coefficient (Wildman–Crippen LogP) is 2.68. The van der Waals surface area contributed by atoms with Crippen LogP contribution in [0.15, 0.2) is 35.3 Å². The molecule has 130 valence electrons. The number of benzene rings is 1. The molecule has 0 fully saturated rings. The number of para-hydroxylation sites is 1. The molecular formula is C16H22IN5OS. The molecular weight excluding hydrogens is 437 g/mol. The summed E-state index contributed by atoms with van der Waals surface area (Å²) in [5, 5.41) is 9.95. The van der Waals surface area contributed by atoms with E-state index in [-0.39, 0.29) is 36.4 Å². The zero-order valence-corrected chi connectivity index (χ0v) is 17.1. The van der Waals surface area contributed by atoms with Crippen molar-refractivity contribution in [2.24, 2.45) is 4.99 Å². The van der Waals surface area contributed by atoms with E-state index in [4.69, 9.17) is 0 Å². The van der Waals surface area contributed by atoms with Crippen molar-refractivity contribution in [2.75, 3.05) is 18.9 Å². The van der Waals surface area contributed by atoms with Crippen molar-refractivity contribution < 1.29 is 4.79 Å². The molecule has 2 aromatic rings. The van der Waals surface area contributed by atoms with Gasteiger partial charge in [0.05, 0.1) is 18.8 Å². The van der Waals surface area contributed by atoms with Crippen LogP contribution in [0.3, 0.4) is 0 Å². The third-order valence-electron chi connectivity index (χ3n) is 3.18. The van der Waals surface area contributed by atoms with Crippen LogP contribution in [0.1, 0.15) is 15.6 Å². The topological polar surface area (TPSA) is 78.4 Å². The van der Waals surface area contributed by atoms with Crippen LogP contribution >= 0.6 is 35.3 Å². The van der Waals surface area contributed by atoms with Crippen LogP contribution in [0.25, 0.3) is 0 Å². The monoisotopic (exact) mass is 459 g/mol. The summed E-state index contributed by atoms with van der Waals surface area (Å²) in [4.78, 5) is 21.7. The summed E-state index contributed by atoms with van der Waals surface area (Å²) in [6.07, 6.45) is 0. The average Bonchev–Trinajstić information content (AvgIpc) is 2.87. The highest BCUT2D eigenvalue weighted by atomic mass is 127. The fraction of sp³-hybridized carbons (Fsp3) is 0.312. The van der Waals surface area contributed by atoms with Crippen LogP contribution in [0.4, 0.5) is 5.69 Å². The molecule has 0 spiro atoms. The number of carbonyl (C=O) groups is 1. The van der Waals surface area contributed by atoms with Crippen LogP contribution in [0, 0.1) is 13.8 Å². The van der Waals surface area contributed by atoms with Crippen LogP contribution in [-0.4, -0.2) is 30.4 Å². The molecule has 0 aliphatic heterocycles. The van der Waals surface area contributed by atoms with Crippen molar-refractivity contribution >= 4 is 52.9 Å². The molecule has 0 saturated carbocycles. The number of nitrogens with zero attached hydrogens (tertiary/aromatic N) is 2. The number of guanidine groups is 1. The van der Waals surface area contributed by atoms with Gasteiger partial charge in [-0.15, -0.1) is 35.3 Å². The molecule has 1 heterocycles. The summed E-state index contributed by atoms with van der Waals surface area (Å²) < 4.78 is 0. The molecule has 2 rings (SSSR count). The number of halogens is 1. The molecule has 1 amide bonds. The highest BCUT2D eigenvalue weighted by Crippen LogP contribution is 2.15. The fourth-order valence-corrected chi connectivity index (χ4v) is 2.76. The number of hydrogen-bond acceptors (Lipinski definition) is 4. The quantitative estimate of drug-likeness (QED) is 0.365. The van der Waals surface area contributed by atoms with Gasteiger partial charge < -0.3 is 16.0 Å². The van der Waals surface area contributed by atoms with Crippen LogP contribution in [-0.2, 0) is 11.3 Å². The van der Waals surface area contributed by atoms with Crippen LogP contribution in [0.2, 0.25) is 0 Å². The number of thiazole rings is 1. The second-order valence-corrected chi connectivity index (χ2v) is 6.23. The first kappa shape index (κ1) is 20.4. The molecule has 0 aliphatic rings. The third-order valence-corrected chi connectivity index (χ3v) is 4.25. The number of carbonyl (C=O) groups excluding carboxylic acids is 1. The number of amides is 1. The molecule has 3 N–H and O–H groups in total. The predicted molar refractivity (Wildman–Crippen MR) is 110 cm³/mol. The van der Waals surface area contributed by atoms with Gasteiger partial charge >= 0.3 is 0 Å². The Hall–Kier alpha value is -1.68. The largest absolute Gasteiger partial charge is 0.350 e. The lowest BCUT2D eigenvalue weighted by Gasteiger charge is -2.11. The highest BCUT2D eigenvalue weighted by Gasteiger charge is 2.06. The molecule has 0 saturated heterocycles. The van der Waals surface area contributed by atoms with E-state index < -0.39 is 0 Å². The number of aliphatic imine (C=N–C) groups is 1. The molecule has 24 heavy (non-hydrogen) atoms. The highest BCUT2D eigenvalue weighted by molar-refractivity contribution is 14.0. The SMILES string of the molecule is CN=C(NCC(=O)Nc1ccccc1)NCc1nc(C)c(C)s1.I. The van der Waals surface area contributed by atoms with Gasteiger partial charge in [-0.05, 0) is 26.0 Å². The van der Waals surface area contributed by atoms with Gasteiger partial charge in [0.15, 0.2) is 5.96 Å². The summed E-state index contributed by atoms with van der Waals surface area (Å²) in [5.74, 6) is 0.443. The van der Waals surface area contributed by atoms with Crippen LogP contribution < -0.4 is 16.0 Å². The van der Waals surface area contributed by atoms with Gasteiger partial charge in [-0.25, -0.2) is 4.98 Å². The summed E-state index contributed by atoms with van der Waals surface area (Å²) in [5.41, 5.74) is 1.83. The molecule has 6 nitrogen and oxygen atoms in total. The van der Waals surface area contributed by atoms with Crippen molar-refractivity contribution in [3.05, 3.63) is 45.9 Å². The zero-order valence-electron chi connectivity index (χ0n) is 13.9. The van der Waals surface area contributed by atoms with Gasteiger partial charge in [-0.3, -0.25) is 9.79 Å². The number of aryl methyl sites for hydroxylation is 2. The third kappa shape index (κ3) is 6.44. The Labute approximate surface area is 163 Å². The van der Waals surface area contributed by atoms with Crippen LogP contribution in [0.5, 0.6) is 0 Å². The van der Waals surface area contributed by atoms with Gasteiger partial charge in [0, 0.05) is 17.6 Å². The number of anilines is 1. The standard InChI is InChI=1S/C16H21N5OS.HI/c1-11-12(2)23-15(20-11)10-19-16(17-3)18-9-14(22)21-13-7-5-4-6-8-13;/h4-8H,9-10H2,1-3H3,(H,21,22)(H2,17,18,19);1H. The van der Waals surface area contributed by atoms with E-state index in [9.17, 15) is 4.79 Å². The minimum absolute atomic E-state index is 0.